The Morgan fingerprint density at radius 3 is 2.29 bits per heavy atom. The molecule has 2 N–H and O–H groups in total. The van der Waals surface area contributed by atoms with Gasteiger partial charge < -0.3 is 14.8 Å². The van der Waals surface area contributed by atoms with Crippen LogP contribution in [-0.4, -0.2) is 21.1 Å². The number of halogens is 1. The van der Waals surface area contributed by atoms with Gasteiger partial charge in [0.25, 0.3) is 0 Å². The molecule has 142 valence electrons. The number of hydrogen-bond acceptors (Lipinski definition) is 3. The Balaban J connectivity index is 1.77. The molecule has 0 radical (unpaired) electrons. The summed E-state index contributed by atoms with van der Waals surface area (Å²) in [5, 5.41) is 20.0. The van der Waals surface area contributed by atoms with Crippen molar-refractivity contribution in [3.63, 3.8) is 0 Å². The van der Waals surface area contributed by atoms with Crippen LogP contribution in [0.15, 0.2) is 79.0 Å². The molecule has 0 fully saturated rings. The molecule has 0 unspecified atom stereocenters. The molecule has 4 aromatic rings. The van der Waals surface area contributed by atoms with E-state index in [1.54, 1.807) is 24.3 Å². The highest BCUT2D eigenvalue weighted by atomic mass is 19.3. The molecule has 1 heterocycles. The van der Waals surface area contributed by atoms with Crippen LogP contribution < -0.4 is 4.94 Å². The summed E-state index contributed by atoms with van der Waals surface area (Å²) >= 11 is 0. The zero-order chi connectivity index (χ0) is 19.5. The maximum Gasteiger partial charge on any atom is 0.171 e. The number of aliphatic hydroxyl groups is 2. The van der Waals surface area contributed by atoms with Crippen molar-refractivity contribution in [3.05, 3.63) is 90.1 Å². The minimum atomic E-state index is -1.42. The summed E-state index contributed by atoms with van der Waals surface area (Å²) in [6, 6.07) is 22.9. The second kappa shape index (κ2) is 7.84. The van der Waals surface area contributed by atoms with Gasteiger partial charge in [0.2, 0.25) is 0 Å². The Bertz CT molecular complexity index is 1070. The van der Waals surface area contributed by atoms with Gasteiger partial charge in [-0.05, 0) is 46.5 Å². The van der Waals surface area contributed by atoms with Gasteiger partial charge in [-0.15, -0.1) is 0 Å². The van der Waals surface area contributed by atoms with Crippen molar-refractivity contribution in [2.45, 2.75) is 19.3 Å². The molecule has 0 aliphatic heterocycles. The van der Waals surface area contributed by atoms with Crippen LogP contribution >= 0.6 is 0 Å². The van der Waals surface area contributed by atoms with Crippen LogP contribution in [-0.2, 0) is 13.0 Å². The summed E-state index contributed by atoms with van der Waals surface area (Å²) in [6.07, 6.45) is 0.706. The Morgan fingerprint density at radius 1 is 0.893 bits per heavy atom. The van der Waals surface area contributed by atoms with E-state index in [0.29, 0.717) is 6.54 Å². The van der Waals surface area contributed by atoms with Gasteiger partial charge in [-0.2, -0.15) is 0 Å². The zero-order valence-electron chi connectivity index (χ0n) is 15.1. The highest BCUT2D eigenvalue weighted by Crippen LogP contribution is 2.30. The Kier molecular flexibility index (Phi) is 5.10. The van der Waals surface area contributed by atoms with Crippen molar-refractivity contribution in [3.8, 4) is 16.9 Å². The minimum Gasteiger partial charge on any atom is -0.368 e. The monoisotopic (exact) mass is 377 g/mol. The van der Waals surface area contributed by atoms with Gasteiger partial charge >= 0.3 is 0 Å². The van der Waals surface area contributed by atoms with Gasteiger partial charge in [0.1, 0.15) is 0 Å². The van der Waals surface area contributed by atoms with Crippen LogP contribution in [0.5, 0.6) is 5.75 Å². The highest BCUT2D eigenvalue weighted by molar-refractivity contribution is 5.89. The van der Waals surface area contributed by atoms with Crippen LogP contribution in [0.3, 0.4) is 0 Å². The number of fused-ring (bicyclic) bond motifs is 1. The molecule has 0 atom stereocenters. The van der Waals surface area contributed by atoms with Crippen molar-refractivity contribution < 1.29 is 19.7 Å². The number of benzene rings is 3. The van der Waals surface area contributed by atoms with Crippen molar-refractivity contribution in [1.82, 2.24) is 4.57 Å². The molecular weight excluding hydrogens is 357 g/mol. The fourth-order valence-electron chi connectivity index (χ4n) is 3.52. The van der Waals surface area contributed by atoms with Crippen LogP contribution in [0.4, 0.5) is 4.53 Å². The number of hydrogen-bond donors (Lipinski definition) is 2. The summed E-state index contributed by atoms with van der Waals surface area (Å²) in [7, 11) is 0. The summed E-state index contributed by atoms with van der Waals surface area (Å²) in [5.74, 6) is 0.155. The number of aliphatic hydroxyl groups excluding tert-OH is 1. The third-order valence-corrected chi connectivity index (χ3v) is 4.84. The van der Waals surface area contributed by atoms with E-state index in [0.717, 1.165) is 27.6 Å². The van der Waals surface area contributed by atoms with Gasteiger partial charge in [-0.25, -0.2) is 0 Å². The maximum absolute atomic E-state index is 12.3. The van der Waals surface area contributed by atoms with Crippen LogP contribution in [0.1, 0.15) is 11.1 Å². The molecule has 4 rings (SSSR count). The van der Waals surface area contributed by atoms with Gasteiger partial charge in [-0.3, -0.25) is 4.94 Å². The topological polar surface area (TPSA) is 54.6 Å². The van der Waals surface area contributed by atoms with Crippen LogP contribution in [0.2, 0.25) is 0 Å². The molecule has 0 aliphatic carbocycles. The largest absolute Gasteiger partial charge is 0.368 e. The first-order chi connectivity index (χ1) is 13.6. The van der Waals surface area contributed by atoms with Crippen LogP contribution in [0.25, 0.3) is 22.0 Å². The minimum absolute atomic E-state index is 0.149. The second-order valence-corrected chi connectivity index (χ2v) is 6.79. The summed E-state index contributed by atoms with van der Waals surface area (Å²) in [6.45, 7) is 0.695. The Morgan fingerprint density at radius 2 is 1.61 bits per heavy atom. The molecule has 0 bridgehead atoms. The lowest BCUT2D eigenvalue weighted by Gasteiger charge is -2.07. The molecule has 4 nitrogen and oxygen atoms in total. The van der Waals surface area contributed by atoms with E-state index in [9.17, 15) is 14.7 Å². The van der Waals surface area contributed by atoms with E-state index in [2.05, 4.69) is 21.6 Å². The fourth-order valence-corrected chi connectivity index (χ4v) is 3.52. The number of nitrogens with zero attached hydrogens (tertiary/aromatic N) is 1. The molecule has 28 heavy (non-hydrogen) atoms. The summed E-state index contributed by atoms with van der Waals surface area (Å²) in [4.78, 5) is 3.74. The average molecular weight is 377 g/mol. The molecule has 0 aliphatic rings. The lowest BCUT2D eigenvalue weighted by Crippen LogP contribution is -2.07. The summed E-state index contributed by atoms with van der Waals surface area (Å²) < 4.78 is 14.4. The van der Waals surface area contributed by atoms with Crippen LogP contribution in [0, 0.1) is 0 Å². The van der Waals surface area contributed by atoms with Crippen molar-refractivity contribution >= 4 is 10.9 Å². The molecule has 5 heteroatoms. The van der Waals surface area contributed by atoms with Crippen molar-refractivity contribution in [2.75, 3.05) is 0 Å². The molecule has 0 spiro atoms. The third kappa shape index (κ3) is 3.76. The van der Waals surface area contributed by atoms with Gasteiger partial charge in [0.05, 0.1) is 0 Å². The van der Waals surface area contributed by atoms with E-state index < -0.39 is 6.29 Å². The molecule has 1 aromatic heterocycles. The Hall–Kier alpha value is -3.15. The lowest BCUT2D eigenvalue weighted by molar-refractivity contribution is -0.0379. The van der Waals surface area contributed by atoms with Crippen molar-refractivity contribution in [1.29, 1.82) is 0 Å². The quantitative estimate of drug-likeness (QED) is 0.488. The number of aromatic nitrogens is 1. The van der Waals surface area contributed by atoms with E-state index in [1.807, 2.05) is 42.6 Å². The Labute approximate surface area is 162 Å². The molecule has 0 amide bonds. The van der Waals surface area contributed by atoms with E-state index in [1.165, 1.54) is 5.56 Å². The third-order valence-electron chi connectivity index (χ3n) is 4.84. The first kappa shape index (κ1) is 18.2. The summed E-state index contributed by atoms with van der Waals surface area (Å²) in [5.41, 5.74) is 4.94. The molecule has 0 saturated carbocycles. The highest BCUT2D eigenvalue weighted by Gasteiger charge is 2.13. The predicted octanol–water partition coefficient (Wildman–Crippen LogP) is 4.47. The SMILES string of the molecule is OC(O)Cc1cn(Cc2ccccc2)c2ccc(-c3ccc(OF)cc3)cc12. The zero-order valence-corrected chi connectivity index (χ0v) is 15.1. The van der Waals surface area contributed by atoms with E-state index >= 15 is 0 Å². The average Bonchev–Trinajstić information content (AvgIpc) is 3.04. The predicted molar refractivity (Wildman–Crippen MR) is 107 cm³/mol. The standard InChI is InChI=1S/C23H20FNO3/c24-28-20-9-6-17(7-10-20)18-8-11-22-21(12-18)19(13-23(26)27)15-25(22)14-16-4-2-1-3-5-16/h1-12,15,23,26-27H,13-14H2. The van der Waals surface area contributed by atoms with E-state index in [-0.39, 0.29) is 12.2 Å². The molecular formula is C23H20FNO3. The second-order valence-electron chi connectivity index (χ2n) is 6.79. The molecule has 0 saturated heterocycles. The van der Waals surface area contributed by atoms with Gasteiger partial charge in [0.15, 0.2) is 12.0 Å². The first-order valence-corrected chi connectivity index (χ1v) is 9.05. The maximum atomic E-state index is 12.3. The van der Waals surface area contributed by atoms with E-state index in [4.69, 9.17) is 0 Å². The first-order valence-electron chi connectivity index (χ1n) is 9.05. The normalized spacial score (nSPS) is 11.3. The lowest BCUT2D eigenvalue weighted by atomic mass is 10.0. The van der Waals surface area contributed by atoms with Gasteiger partial charge in [0, 0.05) is 34.6 Å². The fraction of sp³-hybridized carbons (Fsp3) is 0.130. The molecule has 3 aromatic carbocycles. The van der Waals surface area contributed by atoms with Gasteiger partial charge in [-0.1, -0.05) is 48.5 Å². The van der Waals surface area contributed by atoms with Crippen molar-refractivity contribution in [2.24, 2.45) is 0 Å². The number of rotatable bonds is 6. The smallest absolute Gasteiger partial charge is 0.171 e.